The quantitative estimate of drug-likeness (QED) is 0.333. The fraction of sp³-hybridized carbons (Fsp3) is 0.214. The summed E-state index contributed by atoms with van der Waals surface area (Å²) in [6, 6.07) is 5.78. The molecule has 0 amide bonds. The molecule has 7 rings (SSSR count). The number of H-pyrrole nitrogens is 2. The van der Waals surface area contributed by atoms with Gasteiger partial charge in [0, 0.05) is 48.7 Å². The van der Waals surface area contributed by atoms with Crippen molar-refractivity contribution >= 4 is 21.9 Å². The van der Waals surface area contributed by atoms with Crippen molar-refractivity contribution < 1.29 is 4.39 Å². The van der Waals surface area contributed by atoms with Gasteiger partial charge in [-0.3, -0.25) is 29.9 Å². The molecule has 2 N–H and O–H groups in total. The molecular weight excluding hydrogens is 481 g/mol. The van der Waals surface area contributed by atoms with Crippen molar-refractivity contribution in [3.8, 4) is 33.9 Å². The number of fused-ring (bicyclic) bond motifs is 2. The molecule has 6 aromatic heterocycles. The van der Waals surface area contributed by atoms with Crippen LogP contribution in [0.15, 0.2) is 61.6 Å². The van der Waals surface area contributed by atoms with E-state index >= 15 is 4.39 Å². The average molecular weight is 506 g/mol. The van der Waals surface area contributed by atoms with Gasteiger partial charge in [-0.25, -0.2) is 9.37 Å². The lowest BCUT2D eigenvalue weighted by atomic mass is 10.1. The Morgan fingerprint density at radius 1 is 0.842 bits per heavy atom. The zero-order valence-corrected chi connectivity index (χ0v) is 20.5. The summed E-state index contributed by atoms with van der Waals surface area (Å²) < 4.78 is 16.1. The number of likely N-dealkylation sites (tertiary alicyclic amines) is 1. The predicted molar refractivity (Wildman–Crippen MR) is 142 cm³/mol. The maximum atomic E-state index is 16.1. The highest BCUT2D eigenvalue weighted by atomic mass is 19.1. The van der Waals surface area contributed by atoms with Gasteiger partial charge in [0.1, 0.15) is 11.4 Å². The number of hydrogen-bond donors (Lipinski definition) is 2. The van der Waals surface area contributed by atoms with Gasteiger partial charge in [0.2, 0.25) is 0 Å². The Balaban J connectivity index is 1.29. The van der Waals surface area contributed by atoms with E-state index in [0.717, 1.165) is 47.4 Å². The van der Waals surface area contributed by atoms with Gasteiger partial charge >= 0.3 is 0 Å². The second-order valence-electron chi connectivity index (χ2n) is 9.60. The maximum absolute atomic E-state index is 16.1. The first-order valence-electron chi connectivity index (χ1n) is 12.7. The number of imidazole rings is 1. The van der Waals surface area contributed by atoms with Gasteiger partial charge in [-0.05, 0) is 55.3 Å². The first-order valence-corrected chi connectivity index (χ1v) is 12.7. The fourth-order valence-electron chi connectivity index (χ4n) is 5.21. The Bertz CT molecular complexity index is 1750. The Kier molecular flexibility index (Phi) is 5.58. The number of halogens is 1. The van der Waals surface area contributed by atoms with Crippen LogP contribution in [-0.4, -0.2) is 58.1 Å². The summed E-state index contributed by atoms with van der Waals surface area (Å²) in [7, 11) is 0. The highest BCUT2D eigenvalue weighted by Gasteiger charge is 2.22. The van der Waals surface area contributed by atoms with Crippen molar-refractivity contribution in [3.05, 3.63) is 73.0 Å². The second-order valence-corrected chi connectivity index (χ2v) is 9.60. The first-order chi connectivity index (χ1) is 18.7. The molecule has 0 spiro atoms. The summed E-state index contributed by atoms with van der Waals surface area (Å²) >= 11 is 0. The van der Waals surface area contributed by atoms with Crippen molar-refractivity contribution in [1.82, 2.24) is 45.0 Å². The molecule has 0 atom stereocenters. The van der Waals surface area contributed by atoms with E-state index in [-0.39, 0.29) is 5.69 Å². The molecule has 1 saturated heterocycles. The van der Waals surface area contributed by atoms with Gasteiger partial charge in [-0.1, -0.05) is 6.42 Å². The second kappa shape index (κ2) is 9.38. The van der Waals surface area contributed by atoms with E-state index in [1.807, 2.05) is 24.4 Å². The smallest absolute Gasteiger partial charge is 0.161 e. The largest absolute Gasteiger partial charge is 0.335 e. The lowest BCUT2D eigenvalue weighted by Gasteiger charge is -2.26. The van der Waals surface area contributed by atoms with Crippen LogP contribution in [0.4, 0.5) is 4.39 Å². The van der Waals surface area contributed by atoms with Crippen LogP contribution in [0.1, 0.15) is 24.8 Å². The summed E-state index contributed by atoms with van der Waals surface area (Å²) in [4.78, 5) is 27.7. The van der Waals surface area contributed by atoms with Crippen LogP contribution < -0.4 is 0 Å². The zero-order chi connectivity index (χ0) is 25.5. The summed E-state index contributed by atoms with van der Waals surface area (Å²) in [5, 5.41) is 7.63. The number of nitrogens with one attached hydrogen (secondary N) is 2. The highest BCUT2D eigenvalue weighted by molar-refractivity contribution is 5.97. The maximum Gasteiger partial charge on any atom is 0.161 e. The molecule has 10 heteroatoms. The third-order valence-electron chi connectivity index (χ3n) is 7.08. The molecule has 7 heterocycles. The topological polar surface area (TPSA) is 112 Å². The molecule has 9 nitrogen and oxygen atoms in total. The summed E-state index contributed by atoms with van der Waals surface area (Å²) in [5.74, 6) is -0.0151. The van der Waals surface area contributed by atoms with E-state index in [0.29, 0.717) is 28.0 Å². The highest BCUT2D eigenvalue weighted by Crippen LogP contribution is 2.34. The van der Waals surface area contributed by atoms with E-state index in [1.54, 1.807) is 37.2 Å². The van der Waals surface area contributed by atoms with E-state index in [2.05, 4.69) is 40.0 Å². The third kappa shape index (κ3) is 3.99. The molecule has 0 saturated carbocycles. The molecule has 0 unspecified atom stereocenters. The first kappa shape index (κ1) is 22.6. The van der Waals surface area contributed by atoms with Crippen LogP contribution >= 0.6 is 0 Å². The van der Waals surface area contributed by atoms with Gasteiger partial charge in [0.25, 0.3) is 0 Å². The number of aromatic amines is 2. The van der Waals surface area contributed by atoms with Crippen molar-refractivity contribution in [2.45, 2.75) is 25.8 Å². The van der Waals surface area contributed by atoms with E-state index in [4.69, 9.17) is 4.98 Å². The monoisotopic (exact) mass is 505 g/mol. The van der Waals surface area contributed by atoms with E-state index in [1.165, 1.54) is 19.3 Å². The summed E-state index contributed by atoms with van der Waals surface area (Å²) in [5.41, 5.74) is 6.05. The van der Waals surface area contributed by atoms with Gasteiger partial charge in [-0.15, -0.1) is 0 Å². The van der Waals surface area contributed by atoms with Crippen molar-refractivity contribution in [2.75, 3.05) is 13.1 Å². The molecule has 1 fully saturated rings. The summed E-state index contributed by atoms with van der Waals surface area (Å²) in [6.07, 6.45) is 15.7. The fourth-order valence-corrected chi connectivity index (χ4v) is 5.21. The normalized spacial score (nSPS) is 14.4. The molecule has 0 bridgehead atoms. The van der Waals surface area contributed by atoms with Gasteiger partial charge < -0.3 is 4.98 Å². The number of aromatic nitrogens is 8. The number of hydrogen-bond acceptors (Lipinski definition) is 7. The minimum Gasteiger partial charge on any atom is -0.335 e. The standard InChI is InChI=1S/C28H24FN9/c29-24-23-21(15-33-25(24)19-10-17(11-31-12-19)16-38-8-2-1-3-9-38)36-37-27(23)28-34-22-14-32-13-20(26(22)35-28)18-4-6-30-7-5-18/h4-7,10-15H,1-3,8-9,16H2,(H,34,35)(H,36,37). The van der Waals surface area contributed by atoms with E-state index in [9.17, 15) is 0 Å². The molecule has 0 radical (unpaired) electrons. The third-order valence-corrected chi connectivity index (χ3v) is 7.08. The van der Waals surface area contributed by atoms with E-state index < -0.39 is 5.82 Å². The molecule has 0 aliphatic carbocycles. The minimum absolute atomic E-state index is 0.239. The molecule has 6 aromatic rings. The Morgan fingerprint density at radius 3 is 2.55 bits per heavy atom. The zero-order valence-electron chi connectivity index (χ0n) is 20.5. The van der Waals surface area contributed by atoms with Crippen LogP contribution in [0, 0.1) is 5.82 Å². The molecule has 188 valence electrons. The van der Waals surface area contributed by atoms with Crippen LogP contribution in [0.2, 0.25) is 0 Å². The van der Waals surface area contributed by atoms with Crippen LogP contribution in [0.25, 0.3) is 55.8 Å². The van der Waals surface area contributed by atoms with Crippen molar-refractivity contribution in [1.29, 1.82) is 0 Å². The number of rotatable bonds is 5. The molecule has 0 aromatic carbocycles. The Labute approximate surface area is 217 Å². The number of pyridine rings is 4. The SMILES string of the molecule is Fc1c(-c2cncc(CN3CCCCC3)c2)ncc2[nH]nc(-c3nc4c(-c5ccncc5)cncc4[nH]3)c12. The molecule has 38 heavy (non-hydrogen) atoms. The Morgan fingerprint density at radius 2 is 1.68 bits per heavy atom. The minimum atomic E-state index is -0.462. The number of piperidine rings is 1. The lowest BCUT2D eigenvalue weighted by Crippen LogP contribution is -2.29. The van der Waals surface area contributed by atoms with Crippen molar-refractivity contribution in [3.63, 3.8) is 0 Å². The van der Waals surface area contributed by atoms with Gasteiger partial charge in [0.05, 0.1) is 34.3 Å². The Hall–Kier alpha value is -4.57. The van der Waals surface area contributed by atoms with Crippen LogP contribution in [0.3, 0.4) is 0 Å². The summed E-state index contributed by atoms with van der Waals surface area (Å²) in [6.45, 7) is 2.96. The van der Waals surface area contributed by atoms with Crippen LogP contribution in [-0.2, 0) is 6.54 Å². The lowest BCUT2D eigenvalue weighted by molar-refractivity contribution is 0.220. The number of nitrogens with zero attached hydrogens (tertiary/aromatic N) is 7. The molecule has 1 aliphatic heterocycles. The molecular formula is C28H24FN9. The predicted octanol–water partition coefficient (Wildman–Crippen LogP) is 5.15. The van der Waals surface area contributed by atoms with Crippen molar-refractivity contribution in [2.24, 2.45) is 0 Å². The van der Waals surface area contributed by atoms with Crippen LogP contribution in [0.5, 0.6) is 0 Å². The average Bonchev–Trinajstić information content (AvgIpc) is 3.59. The molecule has 1 aliphatic rings. The van der Waals surface area contributed by atoms with Gasteiger partial charge in [0.15, 0.2) is 11.6 Å². The van der Waals surface area contributed by atoms with Gasteiger partial charge in [-0.2, -0.15) is 5.10 Å².